The van der Waals surface area contributed by atoms with Crippen molar-refractivity contribution in [2.45, 2.75) is 79.7 Å². The number of rotatable bonds is 14. The highest BCUT2D eigenvalue weighted by atomic mass is 16.2. The second kappa shape index (κ2) is 15.3. The maximum absolute atomic E-state index is 13.3. The van der Waals surface area contributed by atoms with Crippen LogP contribution in [0.1, 0.15) is 93.5 Å². The average molecular weight is 522 g/mol. The van der Waals surface area contributed by atoms with Crippen molar-refractivity contribution in [3.63, 3.8) is 0 Å². The number of amides is 3. The molecule has 6 heteroatoms. The highest BCUT2D eigenvalue weighted by molar-refractivity contribution is 5.99. The monoisotopic (exact) mass is 521 g/mol. The van der Waals surface area contributed by atoms with Gasteiger partial charge < -0.3 is 15.5 Å². The van der Waals surface area contributed by atoms with Gasteiger partial charge in [-0.25, -0.2) is 0 Å². The number of carbonyl (C=O) groups excluding carboxylic acids is 3. The van der Waals surface area contributed by atoms with Crippen molar-refractivity contribution in [3.05, 3.63) is 71.3 Å². The third kappa shape index (κ3) is 10.7. The fourth-order valence-corrected chi connectivity index (χ4v) is 4.46. The molecule has 0 spiro atoms. The zero-order chi connectivity index (χ0) is 28.1. The molecule has 0 aliphatic heterocycles. The number of hydrogen-bond donors (Lipinski definition) is 2. The van der Waals surface area contributed by atoms with Crippen molar-refractivity contribution in [2.75, 3.05) is 19.6 Å². The van der Waals surface area contributed by atoms with Gasteiger partial charge in [-0.1, -0.05) is 77.9 Å². The predicted octanol–water partition coefficient (Wildman–Crippen LogP) is 5.87. The van der Waals surface area contributed by atoms with Crippen LogP contribution in [-0.2, 0) is 11.2 Å². The normalized spacial score (nSPS) is 12.9. The van der Waals surface area contributed by atoms with E-state index in [9.17, 15) is 14.4 Å². The average Bonchev–Trinajstić information content (AvgIpc) is 2.88. The summed E-state index contributed by atoms with van der Waals surface area (Å²) < 4.78 is 0. The lowest BCUT2D eigenvalue weighted by Gasteiger charge is -2.24. The van der Waals surface area contributed by atoms with Gasteiger partial charge in [-0.3, -0.25) is 14.4 Å². The number of nitrogens with zero attached hydrogens (tertiary/aromatic N) is 1. The molecule has 0 saturated carbocycles. The fourth-order valence-electron chi connectivity index (χ4n) is 4.46. The summed E-state index contributed by atoms with van der Waals surface area (Å²) in [6.45, 7) is 14.5. The van der Waals surface area contributed by atoms with Crippen LogP contribution in [0.15, 0.2) is 54.6 Å². The molecule has 2 aromatic carbocycles. The SMILES string of the molecule is CCCN(CCC)C(=O)c1cccc(C(=O)NC(Cc2ccccc2)C[C@@H](C)C(=O)NCCC(C)(C)C)c1. The van der Waals surface area contributed by atoms with Gasteiger partial charge in [0.05, 0.1) is 0 Å². The summed E-state index contributed by atoms with van der Waals surface area (Å²) in [4.78, 5) is 41.1. The molecule has 0 aromatic heterocycles. The first-order valence-electron chi connectivity index (χ1n) is 14.1. The van der Waals surface area contributed by atoms with Crippen LogP contribution in [0, 0.1) is 11.3 Å². The zero-order valence-corrected chi connectivity index (χ0v) is 24.2. The predicted molar refractivity (Wildman–Crippen MR) is 155 cm³/mol. The molecule has 1 unspecified atom stereocenters. The van der Waals surface area contributed by atoms with Gasteiger partial charge in [0.15, 0.2) is 0 Å². The smallest absolute Gasteiger partial charge is 0.253 e. The first-order chi connectivity index (χ1) is 18.0. The lowest BCUT2D eigenvalue weighted by molar-refractivity contribution is -0.124. The first kappa shape index (κ1) is 31.1. The highest BCUT2D eigenvalue weighted by Gasteiger charge is 2.23. The van der Waals surface area contributed by atoms with Gasteiger partial charge in [-0.15, -0.1) is 0 Å². The third-order valence-electron chi connectivity index (χ3n) is 6.57. The van der Waals surface area contributed by atoms with E-state index < -0.39 is 0 Å². The molecule has 0 saturated heterocycles. The van der Waals surface area contributed by atoms with Crippen molar-refractivity contribution in [1.29, 1.82) is 0 Å². The number of nitrogens with one attached hydrogen (secondary N) is 2. The minimum absolute atomic E-state index is 0.00101. The molecule has 6 nitrogen and oxygen atoms in total. The van der Waals surface area contributed by atoms with E-state index in [0.717, 1.165) is 24.8 Å². The van der Waals surface area contributed by atoms with E-state index in [4.69, 9.17) is 0 Å². The Labute approximate surface area is 229 Å². The van der Waals surface area contributed by atoms with Gasteiger partial charge in [0, 0.05) is 42.7 Å². The molecule has 0 fully saturated rings. The molecular formula is C32H47N3O3. The molecule has 2 rings (SSSR count). The molecule has 2 N–H and O–H groups in total. The summed E-state index contributed by atoms with van der Waals surface area (Å²) in [7, 11) is 0. The molecule has 38 heavy (non-hydrogen) atoms. The van der Waals surface area contributed by atoms with Crippen LogP contribution in [0.3, 0.4) is 0 Å². The van der Waals surface area contributed by atoms with Crippen LogP contribution < -0.4 is 10.6 Å². The molecule has 0 aliphatic carbocycles. The molecule has 208 valence electrons. The molecule has 2 aromatic rings. The Morgan fingerprint density at radius 3 is 2.13 bits per heavy atom. The minimum Gasteiger partial charge on any atom is -0.356 e. The topological polar surface area (TPSA) is 78.5 Å². The largest absolute Gasteiger partial charge is 0.356 e. The Kier molecular flexibility index (Phi) is 12.5. The van der Waals surface area contributed by atoms with Gasteiger partial charge in [0.1, 0.15) is 0 Å². The number of hydrogen-bond acceptors (Lipinski definition) is 3. The first-order valence-corrected chi connectivity index (χ1v) is 14.1. The Morgan fingerprint density at radius 2 is 1.53 bits per heavy atom. The molecule has 0 heterocycles. The summed E-state index contributed by atoms with van der Waals surface area (Å²) in [6.07, 6.45) is 3.80. The minimum atomic E-state index is -0.256. The number of benzene rings is 2. The zero-order valence-electron chi connectivity index (χ0n) is 24.2. The third-order valence-corrected chi connectivity index (χ3v) is 6.57. The van der Waals surface area contributed by atoms with Crippen LogP contribution in [0.4, 0.5) is 0 Å². The van der Waals surface area contributed by atoms with Crippen molar-refractivity contribution >= 4 is 17.7 Å². The van der Waals surface area contributed by atoms with Crippen LogP contribution in [0.2, 0.25) is 0 Å². The Bertz CT molecular complexity index is 1020. The second-order valence-electron chi connectivity index (χ2n) is 11.5. The Morgan fingerprint density at radius 1 is 0.895 bits per heavy atom. The van der Waals surface area contributed by atoms with Crippen molar-refractivity contribution in [3.8, 4) is 0 Å². The summed E-state index contributed by atoms with van der Waals surface area (Å²) in [6, 6.07) is 16.7. The van der Waals surface area contributed by atoms with Gasteiger partial charge in [-0.2, -0.15) is 0 Å². The van der Waals surface area contributed by atoms with E-state index in [-0.39, 0.29) is 35.1 Å². The maximum Gasteiger partial charge on any atom is 0.253 e. The van der Waals surface area contributed by atoms with E-state index in [2.05, 4.69) is 45.3 Å². The molecule has 2 atom stereocenters. The fraction of sp³-hybridized carbons (Fsp3) is 0.531. The summed E-state index contributed by atoms with van der Waals surface area (Å²) in [5.74, 6) is -0.544. The van der Waals surface area contributed by atoms with E-state index in [0.29, 0.717) is 43.6 Å². The summed E-state index contributed by atoms with van der Waals surface area (Å²) >= 11 is 0. The van der Waals surface area contributed by atoms with Crippen LogP contribution in [0.25, 0.3) is 0 Å². The standard InChI is InChI=1S/C32H47N3O3/c1-7-19-35(20-8-2)31(38)27-16-12-15-26(23-27)30(37)34-28(22-25-13-10-9-11-14-25)21-24(3)29(36)33-18-17-32(4,5)6/h9-16,23-24,28H,7-8,17-22H2,1-6H3,(H,33,36)(H,34,37)/t24-,28?/m1/s1. The summed E-state index contributed by atoms with van der Waals surface area (Å²) in [5.41, 5.74) is 2.21. The van der Waals surface area contributed by atoms with E-state index in [1.54, 1.807) is 24.3 Å². The van der Waals surface area contributed by atoms with Crippen molar-refractivity contribution in [2.24, 2.45) is 11.3 Å². The lowest BCUT2D eigenvalue weighted by Crippen LogP contribution is -2.41. The molecule has 0 bridgehead atoms. The molecule has 0 radical (unpaired) electrons. The van der Waals surface area contributed by atoms with Crippen molar-refractivity contribution in [1.82, 2.24) is 15.5 Å². The van der Waals surface area contributed by atoms with E-state index >= 15 is 0 Å². The van der Waals surface area contributed by atoms with Crippen LogP contribution in [0.5, 0.6) is 0 Å². The maximum atomic E-state index is 13.3. The van der Waals surface area contributed by atoms with Crippen LogP contribution >= 0.6 is 0 Å². The molecular weight excluding hydrogens is 474 g/mol. The molecule has 0 aliphatic rings. The van der Waals surface area contributed by atoms with Gasteiger partial charge in [-0.05, 0) is 61.3 Å². The Balaban J connectivity index is 2.15. The summed E-state index contributed by atoms with van der Waals surface area (Å²) in [5, 5.41) is 6.20. The van der Waals surface area contributed by atoms with E-state index in [1.807, 2.05) is 42.2 Å². The number of carbonyl (C=O) groups is 3. The van der Waals surface area contributed by atoms with Crippen LogP contribution in [-0.4, -0.2) is 48.3 Å². The van der Waals surface area contributed by atoms with Gasteiger partial charge in [0.2, 0.25) is 5.91 Å². The highest BCUT2D eigenvalue weighted by Crippen LogP contribution is 2.18. The van der Waals surface area contributed by atoms with E-state index in [1.165, 1.54) is 0 Å². The Hall–Kier alpha value is -3.15. The second-order valence-corrected chi connectivity index (χ2v) is 11.5. The van der Waals surface area contributed by atoms with Gasteiger partial charge >= 0.3 is 0 Å². The molecule has 3 amide bonds. The van der Waals surface area contributed by atoms with Crippen molar-refractivity contribution < 1.29 is 14.4 Å². The van der Waals surface area contributed by atoms with Gasteiger partial charge in [0.25, 0.3) is 11.8 Å². The lowest BCUT2D eigenvalue weighted by atomic mass is 9.92. The quantitative estimate of drug-likeness (QED) is 0.326.